The number of anilines is 1. The van der Waals surface area contributed by atoms with Crippen LogP contribution in [0.1, 0.15) is 22.6 Å². The molecule has 3 aromatic rings. The van der Waals surface area contributed by atoms with E-state index in [-0.39, 0.29) is 0 Å². The monoisotopic (exact) mass is 349 g/mol. The molecule has 0 saturated carbocycles. The van der Waals surface area contributed by atoms with Gasteiger partial charge >= 0.3 is 0 Å². The van der Waals surface area contributed by atoms with E-state index >= 15 is 0 Å². The van der Waals surface area contributed by atoms with Gasteiger partial charge in [-0.05, 0) is 54.4 Å². The first-order valence-corrected chi connectivity index (χ1v) is 8.15. The second-order valence-electron chi connectivity index (χ2n) is 4.98. The van der Waals surface area contributed by atoms with Gasteiger partial charge in [-0.3, -0.25) is 4.40 Å². The van der Waals surface area contributed by atoms with E-state index in [0.29, 0.717) is 0 Å². The third-order valence-corrected chi connectivity index (χ3v) is 5.00. The molecule has 0 spiro atoms. The standard InChI is InChI=1S/C15H16BrN3S/c1-9-4-5-13(12(16)6-9)17-7-14-11(3)18-15-19(14)10(2)8-20-15/h4-6,8,17H,7H2,1-3H3. The second kappa shape index (κ2) is 5.22. The fraction of sp³-hybridized carbons (Fsp3) is 0.267. The summed E-state index contributed by atoms with van der Waals surface area (Å²) in [5, 5.41) is 5.64. The van der Waals surface area contributed by atoms with Crippen LogP contribution in [0.25, 0.3) is 4.96 Å². The van der Waals surface area contributed by atoms with E-state index in [0.717, 1.165) is 27.4 Å². The van der Waals surface area contributed by atoms with Crippen molar-refractivity contribution in [3.8, 4) is 0 Å². The molecule has 1 N–H and O–H groups in total. The van der Waals surface area contributed by atoms with Crippen LogP contribution in [0, 0.1) is 20.8 Å². The SMILES string of the molecule is Cc1ccc(NCc2c(C)nc3scc(C)n23)c(Br)c1. The molecule has 0 amide bonds. The highest BCUT2D eigenvalue weighted by atomic mass is 79.9. The Bertz CT molecular complexity index is 773. The molecule has 0 fully saturated rings. The smallest absolute Gasteiger partial charge is 0.194 e. The lowest BCUT2D eigenvalue weighted by atomic mass is 10.2. The quantitative estimate of drug-likeness (QED) is 0.742. The van der Waals surface area contributed by atoms with Crippen molar-refractivity contribution < 1.29 is 0 Å². The lowest BCUT2D eigenvalue weighted by Gasteiger charge is -2.10. The van der Waals surface area contributed by atoms with Gasteiger partial charge in [0.15, 0.2) is 4.96 Å². The van der Waals surface area contributed by atoms with Crippen LogP contribution in [-0.2, 0) is 6.54 Å². The first-order valence-electron chi connectivity index (χ1n) is 6.48. The third-order valence-electron chi connectivity index (χ3n) is 3.40. The predicted octanol–water partition coefficient (Wildman–Crippen LogP) is 4.70. The third kappa shape index (κ3) is 2.36. The Morgan fingerprint density at radius 2 is 2.10 bits per heavy atom. The predicted molar refractivity (Wildman–Crippen MR) is 88.7 cm³/mol. The zero-order valence-electron chi connectivity index (χ0n) is 11.7. The molecule has 3 rings (SSSR count). The Morgan fingerprint density at radius 3 is 2.85 bits per heavy atom. The molecule has 0 aliphatic carbocycles. The van der Waals surface area contributed by atoms with Gasteiger partial charge in [0.25, 0.3) is 0 Å². The normalized spacial score (nSPS) is 11.2. The summed E-state index contributed by atoms with van der Waals surface area (Å²) in [4.78, 5) is 5.68. The molecule has 20 heavy (non-hydrogen) atoms. The number of aromatic nitrogens is 2. The molecule has 104 valence electrons. The highest BCUT2D eigenvalue weighted by Crippen LogP contribution is 2.25. The van der Waals surface area contributed by atoms with Gasteiger partial charge < -0.3 is 5.32 Å². The van der Waals surface area contributed by atoms with Crippen LogP contribution in [-0.4, -0.2) is 9.38 Å². The van der Waals surface area contributed by atoms with Crippen molar-refractivity contribution in [1.82, 2.24) is 9.38 Å². The Labute approximate surface area is 130 Å². The molecule has 0 aliphatic rings. The number of rotatable bonds is 3. The van der Waals surface area contributed by atoms with Gasteiger partial charge in [-0.15, -0.1) is 11.3 Å². The van der Waals surface area contributed by atoms with Crippen molar-refractivity contribution in [2.45, 2.75) is 27.3 Å². The molecular formula is C15H16BrN3S. The van der Waals surface area contributed by atoms with Gasteiger partial charge in [0.1, 0.15) is 0 Å². The number of nitrogens with zero attached hydrogens (tertiary/aromatic N) is 2. The summed E-state index contributed by atoms with van der Waals surface area (Å²) in [6.45, 7) is 7.05. The van der Waals surface area contributed by atoms with Crippen LogP contribution in [0.2, 0.25) is 0 Å². The summed E-state index contributed by atoms with van der Waals surface area (Å²) in [5.41, 5.74) is 5.92. The number of hydrogen-bond donors (Lipinski definition) is 1. The first-order chi connectivity index (χ1) is 9.56. The molecule has 0 unspecified atom stereocenters. The minimum atomic E-state index is 0.770. The van der Waals surface area contributed by atoms with Crippen LogP contribution in [0.4, 0.5) is 5.69 Å². The Balaban J connectivity index is 1.90. The maximum atomic E-state index is 4.61. The molecule has 3 nitrogen and oxygen atoms in total. The van der Waals surface area contributed by atoms with Gasteiger partial charge in [-0.1, -0.05) is 6.07 Å². The van der Waals surface area contributed by atoms with Crippen molar-refractivity contribution in [3.63, 3.8) is 0 Å². The number of halogens is 1. The van der Waals surface area contributed by atoms with Crippen molar-refractivity contribution in [2.75, 3.05) is 5.32 Å². The average Bonchev–Trinajstić information content (AvgIpc) is 2.89. The zero-order valence-corrected chi connectivity index (χ0v) is 14.1. The van der Waals surface area contributed by atoms with Crippen molar-refractivity contribution in [3.05, 3.63) is 50.7 Å². The van der Waals surface area contributed by atoms with Gasteiger partial charge in [0.2, 0.25) is 0 Å². The van der Waals surface area contributed by atoms with E-state index in [4.69, 9.17) is 0 Å². The molecule has 2 heterocycles. The molecule has 0 radical (unpaired) electrons. The molecule has 0 saturated heterocycles. The number of fused-ring (bicyclic) bond motifs is 1. The molecule has 2 aromatic heterocycles. The Hall–Kier alpha value is -1.33. The van der Waals surface area contributed by atoms with Crippen molar-refractivity contribution in [2.24, 2.45) is 0 Å². The largest absolute Gasteiger partial charge is 0.378 e. The fourth-order valence-electron chi connectivity index (χ4n) is 2.32. The lowest BCUT2D eigenvalue weighted by Crippen LogP contribution is -2.05. The Morgan fingerprint density at radius 1 is 1.30 bits per heavy atom. The topological polar surface area (TPSA) is 29.3 Å². The fourth-order valence-corrected chi connectivity index (χ4v) is 3.88. The second-order valence-corrected chi connectivity index (χ2v) is 6.67. The van der Waals surface area contributed by atoms with Crippen LogP contribution in [0.5, 0.6) is 0 Å². The number of aryl methyl sites for hydroxylation is 3. The van der Waals surface area contributed by atoms with E-state index < -0.39 is 0 Å². The Kier molecular flexibility index (Phi) is 3.56. The average molecular weight is 350 g/mol. The van der Waals surface area contributed by atoms with Crippen LogP contribution in [0.15, 0.2) is 28.1 Å². The highest BCUT2D eigenvalue weighted by Gasteiger charge is 2.12. The van der Waals surface area contributed by atoms with Gasteiger partial charge in [-0.25, -0.2) is 4.98 Å². The zero-order chi connectivity index (χ0) is 14.3. The molecule has 1 aromatic carbocycles. The summed E-state index contributed by atoms with van der Waals surface area (Å²) in [6, 6.07) is 6.34. The number of imidazole rings is 1. The summed E-state index contributed by atoms with van der Waals surface area (Å²) < 4.78 is 3.33. The molecule has 5 heteroatoms. The van der Waals surface area contributed by atoms with E-state index in [1.165, 1.54) is 17.0 Å². The van der Waals surface area contributed by atoms with Crippen molar-refractivity contribution in [1.29, 1.82) is 0 Å². The van der Waals surface area contributed by atoms with E-state index in [1.54, 1.807) is 11.3 Å². The van der Waals surface area contributed by atoms with Crippen LogP contribution in [0.3, 0.4) is 0 Å². The molecule has 0 atom stereocenters. The molecule has 0 bridgehead atoms. The number of hydrogen-bond acceptors (Lipinski definition) is 3. The van der Waals surface area contributed by atoms with E-state index in [9.17, 15) is 0 Å². The minimum Gasteiger partial charge on any atom is -0.378 e. The number of thiazole rings is 1. The van der Waals surface area contributed by atoms with E-state index in [1.807, 2.05) is 0 Å². The van der Waals surface area contributed by atoms with Gasteiger partial charge in [0.05, 0.1) is 17.9 Å². The first kappa shape index (κ1) is 13.6. The lowest BCUT2D eigenvalue weighted by molar-refractivity contribution is 0.965. The van der Waals surface area contributed by atoms with Gasteiger partial charge in [0, 0.05) is 21.2 Å². The molecular weight excluding hydrogens is 334 g/mol. The van der Waals surface area contributed by atoms with Crippen LogP contribution >= 0.6 is 27.3 Å². The highest BCUT2D eigenvalue weighted by molar-refractivity contribution is 9.10. The maximum Gasteiger partial charge on any atom is 0.194 e. The van der Waals surface area contributed by atoms with Crippen LogP contribution < -0.4 is 5.32 Å². The summed E-state index contributed by atoms with van der Waals surface area (Å²) in [6.07, 6.45) is 0. The summed E-state index contributed by atoms with van der Waals surface area (Å²) >= 11 is 5.29. The maximum absolute atomic E-state index is 4.61. The van der Waals surface area contributed by atoms with Gasteiger partial charge in [-0.2, -0.15) is 0 Å². The number of benzene rings is 1. The summed E-state index contributed by atoms with van der Waals surface area (Å²) in [5.74, 6) is 0. The number of nitrogens with one attached hydrogen (secondary N) is 1. The van der Waals surface area contributed by atoms with E-state index in [2.05, 4.69) is 75.0 Å². The summed E-state index contributed by atoms with van der Waals surface area (Å²) in [7, 11) is 0. The minimum absolute atomic E-state index is 0.770. The van der Waals surface area contributed by atoms with Crippen molar-refractivity contribution >= 4 is 37.9 Å². The molecule has 0 aliphatic heterocycles.